The van der Waals surface area contributed by atoms with Gasteiger partial charge in [0.2, 0.25) is 0 Å². The highest BCUT2D eigenvalue weighted by Crippen LogP contribution is 2.34. The summed E-state index contributed by atoms with van der Waals surface area (Å²) in [5, 5.41) is 13.8. The van der Waals surface area contributed by atoms with Crippen LogP contribution in [0.5, 0.6) is 0 Å². The van der Waals surface area contributed by atoms with Crippen molar-refractivity contribution in [3.05, 3.63) is 40.7 Å². The van der Waals surface area contributed by atoms with Crippen LogP contribution in [0.1, 0.15) is 61.4 Å². The first-order chi connectivity index (χ1) is 14.2. The molecule has 30 heavy (non-hydrogen) atoms. The number of ether oxygens (including phenoxy) is 2. The maximum absolute atomic E-state index is 12.9. The van der Waals surface area contributed by atoms with Gasteiger partial charge in [-0.25, -0.2) is 14.3 Å². The fourth-order valence-electron chi connectivity index (χ4n) is 3.44. The van der Waals surface area contributed by atoms with Crippen LogP contribution in [0.3, 0.4) is 0 Å². The molecule has 1 aliphatic heterocycles. The van der Waals surface area contributed by atoms with Crippen molar-refractivity contribution in [2.24, 2.45) is 0 Å². The van der Waals surface area contributed by atoms with Crippen molar-refractivity contribution in [2.45, 2.75) is 53.1 Å². The first kappa shape index (κ1) is 21.4. The van der Waals surface area contributed by atoms with Crippen molar-refractivity contribution in [3.8, 4) is 11.8 Å². The summed E-state index contributed by atoms with van der Waals surface area (Å²) in [5.74, 6) is -0.564. The van der Waals surface area contributed by atoms with Gasteiger partial charge in [-0.3, -0.25) is 4.90 Å². The van der Waals surface area contributed by atoms with Crippen LogP contribution in [0.25, 0.3) is 5.69 Å². The molecule has 3 rings (SSSR count). The molecule has 0 unspecified atom stereocenters. The number of fused-ring (bicyclic) bond motifs is 1. The number of amides is 1. The predicted octanol–water partition coefficient (Wildman–Crippen LogP) is 3.92. The van der Waals surface area contributed by atoms with Gasteiger partial charge in [-0.1, -0.05) is 0 Å². The van der Waals surface area contributed by atoms with Crippen molar-refractivity contribution in [3.63, 3.8) is 0 Å². The lowest BCUT2D eigenvalue weighted by Crippen LogP contribution is -2.40. The molecule has 0 radical (unpaired) electrons. The first-order valence-corrected chi connectivity index (χ1v) is 9.97. The Labute approximate surface area is 176 Å². The number of aromatic nitrogens is 2. The summed E-state index contributed by atoms with van der Waals surface area (Å²) in [6.07, 6.45) is 0.812. The number of nitrogens with zero attached hydrogens (tertiary/aromatic N) is 4. The van der Waals surface area contributed by atoms with Crippen LogP contribution in [0.4, 0.5) is 10.5 Å². The molecule has 1 aliphatic rings. The lowest BCUT2D eigenvalue weighted by Gasteiger charge is -2.30. The van der Waals surface area contributed by atoms with Crippen LogP contribution in [0.2, 0.25) is 0 Å². The minimum Gasteiger partial charge on any atom is -0.461 e. The fourth-order valence-corrected chi connectivity index (χ4v) is 3.44. The summed E-state index contributed by atoms with van der Waals surface area (Å²) in [4.78, 5) is 27.3. The summed E-state index contributed by atoms with van der Waals surface area (Å²) >= 11 is 0. The molecule has 0 N–H and O–H groups in total. The van der Waals surface area contributed by atoms with E-state index >= 15 is 0 Å². The molecule has 0 saturated heterocycles. The molecular formula is C22H26N4O4. The summed E-state index contributed by atoms with van der Waals surface area (Å²) in [6, 6.07) is 7.25. The number of benzene rings is 1. The Bertz CT molecular complexity index is 1030. The molecule has 1 aromatic carbocycles. The van der Waals surface area contributed by atoms with Crippen LogP contribution in [0.15, 0.2) is 18.2 Å². The Balaban J connectivity index is 2.18. The van der Waals surface area contributed by atoms with Crippen molar-refractivity contribution in [1.29, 1.82) is 5.26 Å². The highest BCUT2D eigenvalue weighted by atomic mass is 16.6. The number of hydrogen-bond donors (Lipinski definition) is 0. The number of esters is 1. The van der Waals surface area contributed by atoms with Gasteiger partial charge in [0.1, 0.15) is 11.3 Å². The molecule has 0 aliphatic carbocycles. The Morgan fingerprint density at radius 1 is 1.30 bits per heavy atom. The van der Waals surface area contributed by atoms with Crippen molar-refractivity contribution in [1.82, 2.24) is 9.78 Å². The topological polar surface area (TPSA) is 97.5 Å². The highest BCUT2D eigenvalue weighted by molar-refractivity contribution is 6.01. The van der Waals surface area contributed by atoms with E-state index in [4.69, 9.17) is 14.7 Å². The molecule has 0 atom stereocenters. The zero-order valence-electron chi connectivity index (χ0n) is 18.0. The van der Waals surface area contributed by atoms with Crippen molar-refractivity contribution < 1.29 is 19.1 Å². The first-order valence-electron chi connectivity index (χ1n) is 9.97. The fraction of sp³-hybridized carbons (Fsp3) is 0.455. The SMILES string of the molecule is CCOC(=O)c1c2c(nn1-c1ccc(C#N)cc1C)CCCN2C(=O)OC(C)(C)C. The quantitative estimate of drug-likeness (QED) is 0.712. The van der Waals surface area contributed by atoms with E-state index < -0.39 is 17.7 Å². The molecule has 2 aromatic rings. The second-order valence-electron chi connectivity index (χ2n) is 8.12. The van der Waals surface area contributed by atoms with Gasteiger partial charge >= 0.3 is 12.1 Å². The Morgan fingerprint density at radius 3 is 2.63 bits per heavy atom. The predicted molar refractivity (Wildman–Crippen MR) is 111 cm³/mol. The monoisotopic (exact) mass is 410 g/mol. The Hall–Kier alpha value is -3.34. The van der Waals surface area contributed by atoms with Crippen LogP contribution in [0, 0.1) is 18.3 Å². The van der Waals surface area contributed by atoms with E-state index in [0.29, 0.717) is 42.0 Å². The van der Waals surface area contributed by atoms with E-state index in [1.807, 2.05) is 6.92 Å². The molecule has 8 nitrogen and oxygen atoms in total. The Morgan fingerprint density at radius 2 is 2.03 bits per heavy atom. The van der Waals surface area contributed by atoms with Gasteiger partial charge in [-0.05, 0) is 71.2 Å². The molecule has 0 spiro atoms. The lowest BCUT2D eigenvalue weighted by atomic mass is 10.1. The number of rotatable bonds is 3. The van der Waals surface area contributed by atoms with Gasteiger partial charge < -0.3 is 9.47 Å². The second kappa shape index (κ2) is 8.19. The second-order valence-corrected chi connectivity index (χ2v) is 8.12. The van der Waals surface area contributed by atoms with Gasteiger partial charge in [0.25, 0.3) is 0 Å². The van der Waals surface area contributed by atoms with Gasteiger partial charge in [0, 0.05) is 6.54 Å². The maximum atomic E-state index is 12.9. The van der Waals surface area contributed by atoms with Crippen LogP contribution in [-0.4, -0.2) is 40.6 Å². The van der Waals surface area contributed by atoms with Crippen LogP contribution >= 0.6 is 0 Å². The molecular weight excluding hydrogens is 384 g/mol. The molecule has 8 heteroatoms. The van der Waals surface area contributed by atoms with Gasteiger partial charge in [-0.15, -0.1) is 0 Å². The van der Waals surface area contributed by atoms with E-state index in [9.17, 15) is 9.59 Å². The van der Waals surface area contributed by atoms with E-state index in [2.05, 4.69) is 11.2 Å². The van der Waals surface area contributed by atoms with E-state index in [1.54, 1.807) is 45.9 Å². The number of hydrogen-bond acceptors (Lipinski definition) is 6. The van der Waals surface area contributed by atoms with Crippen molar-refractivity contribution >= 4 is 17.7 Å². The number of carbonyl (C=O) groups excluding carboxylic acids is 2. The van der Waals surface area contributed by atoms with E-state index in [0.717, 1.165) is 5.56 Å². The average molecular weight is 410 g/mol. The van der Waals surface area contributed by atoms with E-state index in [1.165, 1.54) is 9.58 Å². The number of nitriles is 1. The summed E-state index contributed by atoms with van der Waals surface area (Å²) in [6.45, 7) is 9.58. The van der Waals surface area contributed by atoms with Gasteiger partial charge in [0.05, 0.1) is 29.6 Å². The Kier molecular flexibility index (Phi) is 5.83. The highest BCUT2D eigenvalue weighted by Gasteiger charge is 2.36. The number of aryl methyl sites for hydroxylation is 2. The summed E-state index contributed by atoms with van der Waals surface area (Å²) in [5.41, 5.74) is 2.53. The smallest absolute Gasteiger partial charge is 0.414 e. The zero-order chi connectivity index (χ0) is 22.1. The third-order valence-corrected chi connectivity index (χ3v) is 4.63. The molecule has 0 bridgehead atoms. The molecule has 0 saturated carbocycles. The molecule has 1 amide bonds. The number of anilines is 1. The minimum atomic E-state index is -0.668. The van der Waals surface area contributed by atoms with E-state index in [-0.39, 0.29) is 12.3 Å². The minimum absolute atomic E-state index is 0.185. The van der Waals surface area contributed by atoms with Crippen LogP contribution < -0.4 is 4.90 Å². The molecule has 0 fully saturated rings. The maximum Gasteiger partial charge on any atom is 0.414 e. The zero-order valence-corrected chi connectivity index (χ0v) is 18.0. The van der Waals surface area contributed by atoms with Gasteiger partial charge in [-0.2, -0.15) is 10.4 Å². The van der Waals surface area contributed by atoms with Crippen molar-refractivity contribution in [2.75, 3.05) is 18.1 Å². The summed E-state index contributed by atoms with van der Waals surface area (Å²) in [7, 11) is 0. The standard InChI is InChI=1S/C22H26N4O4/c1-6-29-20(27)19-18-16(8-7-11-25(18)21(28)30-22(3,4)5)24-26(19)17-10-9-15(13-23)12-14(17)2/h9-10,12H,6-8,11H2,1-5H3. The lowest BCUT2D eigenvalue weighted by molar-refractivity contribution is 0.0516. The summed E-state index contributed by atoms with van der Waals surface area (Å²) < 4.78 is 12.4. The van der Waals surface area contributed by atoms with Gasteiger partial charge in [0.15, 0.2) is 5.69 Å². The number of carbonyl (C=O) groups is 2. The third-order valence-electron chi connectivity index (χ3n) is 4.63. The molecule has 158 valence electrons. The molecule has 1 aromatic heterocycles. The average Bonchev–Trinajstić information content (AvgIpc) is 3.05. The molecule has 2 heterocycles. The van der Waals surface area contributed by atoms with Crippen LogP contribution in [-0.2, 0) is 15.9 Å². The third kappa shape index (κ3) is 4.15. The largest absolute Gasteiger partial charge is 0.461 e. The normalized spacial score (nSPS) is 13.4.